The van der Waals surface area contributed by atoms with E-state index in [-0.39, 0.29) is 5.57 Å². The van der Waals surface area contributed by atoms with E-state index in [9.17, 15) is 9.59 Å². The Labute approximate surface area is 112 Å². The van der Waals surface area contributed by atoms with Gasteiger partial charge in [-0.3, -0.25) is 0 Å². The van der Waals surface area contributed by atoms with E-state index >= 15 is 0 Å². The van der Waals surface area contributed by atoms with Gasteiger partial charge < -0.3 is 4.74 Å². The van der Waals surface area contributed by atoms with E-state index in [1.165, 1.54) is 20.8 Å². The van der Waals surface area contributed by atoms with Crippen molar-refractivity contribution < 1.29 is 33.9 Å². The molecule has 0 fully saturated rings. The van der Waals surface area contributed by atoms with Crippen molar-refractivity contribution in [2.45, 2.75) is 46.3 Å². The van der Waals surface area contributed by atoms with Crippen LogP contribution in [-0.4, -0.2) is 24.5 Å². The second kappa shape index (κ2) is 8.49. The van der Waals surface area contributed by atoms with Crippen LogP contribution < -0.4 is 0 Å². The maximum absolute atomic E-state index is 11.2. The molecule has 0 N–H and O–H groups in total. The minimum Gasteiger partial charge on any atom is -0.397 e. The molecule has 0 heterocycles. The van der Waals surface area contributed by atoms with Crippen LogP contribution in [-0.2, 0) is 29.1 Å². The summed E-state index contributed by atoms with van der Waals surface area (Å²) in [5.41, 5.74) is 0.0891. The van der Waals surface area contributed by atoms with Crippen LogP contribution in [0.4, 0.5) is 4.79 Å². The molecule has 0 aromatic rings. The predicted molar refractivity (Wildman–Crippen MR) is 64.5 cm³/mol. The van der Waals surface area contributed by atoms with Gasteiger partial charge in [-0.1, -0.05) is 19.9 Å². The summed E-state index contributed by atoms with van der Waals surface area (Å²) in [6.45, 7) is 9.99. The molecular weight excluding hydrogens is 256 g/mol. The molecule has 0 aromatic heterocycles. The van der Waals surface area contributed by atoms with Crippen LogP contribution in [0.5, 0.6) is 0 Å². The van der Waals surface area contributed by atoms with Gasteiger partial charge >= 0.3 is 12.1 Å². The fraction of sp³-hybridized carbons (Fsp3) is 0.667. The number of rotatable bonds is 7. The maximum Gasteiger partial charge on any atom is 0.552 e. The van der Waals surface area contributed by atoms with Crippen molar-refractivity contribution >= 4 is 12.1 Å². The second-order valence-electron chi connectivity index (χ2n) is 4.25. The quantitative estimate of drug-likeness (QED) is 0.176. The zero-order valence-electron chi connectivity index (χ0n) is 11.7. The van der Waals surface area contributed by atoms with E-state index in [2.05, 4.69) is 16.4 Å². The number of carbonyl (C=O) groups excluding carboxylic acids is 2. The standard InChI is InChI=1S/C12H20O7/c1-6-7-8-15-19-12(4,5)16-11(14)18-17-10(13)9(2)3/h2,6-8H2,1,3-5H3. The number of unbranched alkanes of at least 4 members (excludes halogenated alkanes) is 1. The zero-order valence-corrected chi connectivity index (χ0v) is 11.7. The van der Waals surface area contributed by atoms with Gasteiger partial charge in [0.25, 0.3) is 0 Å². The Morgan fingerprint density at radius 1 is 1.21 bits per heavy atom. The van der Waals surface area contributed by atoms with E-state index in [0.717, 1.165) is 12.8 Å². The van der Waals surface area contributed by atoms with Gasteiger partial charge in [-0.25, -0.2) is 19.5 Å². The molecule has 0 rings (SSSR count). The van der Waals surface area contributed by atoms with Gasteiger partial charge in [0.05, 0.1) is 6.61 Å². The molecule has 0 atom stereocenters. The molecule has 0 saturated heterocycles. The largest absolute Gasteiger partial charge is 0.552 e. The maximum atomic E-state index is 11.2. The third-order valence-corrected chi connectivity index (χ3v) is 1.70. The normalized spacial score (nSPS) is 10.7. The fourth-order valence-electron chi connectivity index (χ4n) is 0.765. The number of hydrogen-bond donors (Lipinski definition) is 0. The van der Waals surface area contributed by atoms with Crippen molar-refractivity contribution in [3.63, 3.8) is 0 Å². The lowest BCUT2D eigenvalue weighted by Gasteiger charge is -2.22. The molecule has 7 nitrogen and oxygen atoms in total. The summed E-state index contributed by atoms with van der Waals surface area (Å²) in [6, 6.07) is 0. The molecule has 0 unspecified atom stereocenters. The van der Waals surface area contributed by atoms with Crippen LogP contribution in [0, 0.1) is 0 Å². The summed E-state index contributed by atoms with van der Waals surface area (Å²) in [7, 11) is 0. The first-order valence-corrected chi connectivity index (χ1v) is 5.86. The monoisotopic (exact) mass is 276 g/mol. The average molecular weight is 276 g/mol. The number of ether oxygens (including phenoxy) is 1. The van der Waals surface area contributed by atoms with Gasteiger partial charge in [0.15, 0.2) is 0 Å². The Balaban J connectivity index is 3.95. The van der Waals surface area contributed by atoms with Crippen molar-refractivity contribution in [3.8, 4) is 0 Å². The van der Waals surface area contributed by atoms with Gasteiger partial charge in [0, 0.05) is 19.4 Å². The first kappa shape index (κ1) is 17.4. The Bertz CT molecular complexity index is 322. The molecule has 19 heavy (non-hydrogen) atoms. The van der Waals surface area contributed by atoms with Crippen LogP contribution in [0.1, 0.15) is 40.5 Å². The van der Waals surface area contributed by atoms with Crippen LogP contribution in [0.15, 0.2) is 12.2 Å². The summed E-state index contributed by atoms with van der Waals surface area (Å²) in [4.78, 5) is 40.1. The number of carbonyl (C=O) groups is 2. The summed E-state index contributed by atoms with van der Waals surface area (Å²) in [5.74, 6) is -2.23. The summed E-state index contributed by atoms with van der Waals surface area (Å²) in [6.07, 6.45) is 0.541. The molecule has 0 radical (unpaired) electrons. The van der Waals surface area contributed by atoms with Crippen LogP contribution in [0.25, 0.3) is 0 Å². The van der Waals surface area contributed by atoms with Crippen molar-refractivity contribution in [2.75, 3.05) is 6.61 Å². The smallest absolute Gasteiger partial charge is 0.397 e. The molecular formula is C12H20O7. The van der Waals surface area contributed by atoms with Gasteiger partial charge in [0.1, 0.15) is 0 Å². The van der Waals surface area contributed by atoms with Crippen LogP contribution in [0.3, 0.4) is 0 Å². The minimum absolute atomic E-state index is 0.0891. The first-order valence-electron chi connectivity index (χ1n) is 5.86. The van der Waals surface area contributed by atoms with E-state index in [0.29, 0.717) is 6.61 Å². The molecule has 0 aromatic carbocycles. The lowest BCUT2D eigenvalue weighted by Crippen LogP contribution is -2.32. The Morgan fingerprint density at radius 2 is 1.84 bits per heavy atom. The van der Waals surface area contributed by atoms with E-state index in [1.54, 1.807) is 0 Å². The average Bonchev–Trinajstić information content (AvgIpc) is 2.31. The van der Waals surface area contributed by atoms with Gasteiger partial charge in [-0.15, -0.1) is 0 Å². The Kier molecular flexibility index (Phi) is 7.78. The molecule has 0 aliphatic rings. The molecule has 0 aliphatic carbocycles. The van der Waals surface area contributed by atoms with Crippen molar-refractivity contribution in [1.29, 1.82) is 0 Å². The van der Waals surface area contributed by atoms with E-state index in [4.69, 9.17) is 14.5 Å². The molecule has 0 bridgehead atoms. The second-order valence-corrected chi connectivity index (χ2v) is 4.25. The highest BCUT2D eigenvalue weighted by atomic mass is 17.3. The minimum atomic E-state index is -1.36. The predicted octanol–water partition coefficient (Wildman–Crippen LogP) is 2.66. The van der Waals surface area contributed by atoms with Crippen molar-refractivity contribution in [3.05, 3.63) is 12.2 Å². The van der Waals surface area contributed by atoms with E-state index in [1.807, 2.05) is 6.92 Å². The van der Waals surface area contributed by atoms with Gasteiger partial charge in [-0.05, 0) is 13.3 Å². The Hall–Kier alpha value is -1.60. The zero-order chi connectivity index (χ0) is 14.9. The van der Waals surface area contributed by atoms with E-state index < -0.39 is 17.9 Å². The topological polar surface area (TPSA) is 80.3 Å². The van der Waals surface area contributed by atoms with Crippen LogP contribution >= 0.6 is 0 Å². The molecule has 0 aliphatic heterocycles. The number of hydrogen-bond acceptors (Lipinski definition) is 7. The van der Waals surface area contributed by atoms with Crippen LogP contribution in [0.2, 0.25) is 0 Å². The summed E-state index contributed by atoms with van der Waals surface area (Å²) >= 11 is 0. The molecule has 0 saturated carbocycles. The molecule has 110 valence electrons. The highest BCUT2D eigenvalue weighted by molar-refractivity contribution is 5.86. The first-order chi connectivity index (χ1) is 8.78. The highest BCUT2D eigenvalue weighted by Crippen LogP contribution is 2.13. The van der Waals surface area contributed by atoms with Crippen molar-refractivity contribution in [2.24, 2.45) is 0 Å². The molecule has 0 spiro atoms. The van der Waals surface area contributed by atoms with Gasteiger partial charge in [0.2, 0.25) is 5.79 Å². The van der Waals surface area contributed by atoms with Gasteiger partial charge in [-0.2, -0.15) is 9.68 Å². The van der Waals surface area contributed by atoms with Crippen molar-refractivity contribution in [1.82, 2.24) is 0 Å². The fourth-order valence-corrected chi connectivity index (χ4v) is 0.765. The third-order valence-electron chi connectivity index (χ3n) is 1.70. The molecule has 7 heteroatoms. The highest BCUT2D eigenvalue weighted by Gasteiger charge is 2.27. The summed E-state index contributed by atoms with van der Waals surface area (Å²) in [5, 5.41) is 0. The third kappa shape index (κ3) is 9.04. The Morgan fingerprint density at radius 3 is 2.37 bits per heavy atom. The lowest BCUT2D eigenvalue weighted by molar-refractivity contribution is -0.411. The molecule has 0 amide bonds. The SMILES string of the molecule is C=C(C)C(=O)OOC(=O)OC(C)(C)OOCCCC. The summed E-state index contributed by atoms with van der Waals surface area (Å²) < 4.78 is 4.73. The lowest BCUT2D eigenvalue weighted by atomic mass is 10.4.